The van der Waals surface area contributed by atoms with Crippen LogP contribution in [0.3, 0.4) is 0 Å². The summed E-state index contributed by atoms with van der Waals surface area (Å²) in [4.78, 5) is 37.6. The van der Waals surface area contributed by atoms with Crippen molar-refractivity contribution in [2.75, 3.05) is 0 Å². The number of H-pyrrole nitrogens is 1. The Labute approximate surface area is 142 Å². The number of rotatable bonds is 3. The van der Waals surface area contributed by atoms with Gasteiger partial charge in [0.1, 0.15) is 0 Å². The Kier molecular flexibility index (Phi) is 3.63. The van der Waals surface area contributed by atoms with Crippen LogP contribution in [0.25, 0.3) is 12.2 Å². The quantitative estimate of drug-likeness (QED) is 0.878. The number of amides is 2. The Morgan fingerprint density at radius 2 is 1.16 bits per heavy atom. The van der Waals surface area contributed by atoms with Gasteiger partial charge < -0.3 is 4.98 Å². The largest absolute Gasteiger partial charge is 0.355 e. The molecule has 4 heterocycles. The molecule has 4 rings (SSSR count). The van der Waals surface area contributed by atoms with E-state index in [1.165, 1.54) is 12.2 Å². The first-order chi connectivity index (χ1) is 12.1. The second-order valence-electron chi connectivity index (χ2n) is 5.51. The smallest absolute Gasteiger partial charge is 0.270 e. The fourth-order valence-electron chi connectivity index (χ4n) is 2.50. The zero-order valence-corrected chi connectivity index (χ0v) is 13.0. The van der Waals surface area contributed by atoms with Crippen LogP contribution in [0.2, 0.25) is 0 Å². The normalized spacial score (nSPS) is 21.8. The molecule has 1 aromatic rings. The lowest BCUT2D eigenvalue weighted by molar-refractivity contribution is -0.114. The minimum absolute atomic E-state index is 0.238. The molecule has 0 spiro atoms. The van der Waals surface area contributed by atoms with Crippen molar-refractivity contribution >= 4 is 41.1 Å². The van der Waals surface area contributed by atoms with E-state index in [4.69, 9.17) is 0 Å². The van der Waals surface area contributed by atoms with Gasteiger partial charge in [-0.1, -0.05) is 0 Å². The lowest BCUT2D eigenvalue weighted by atomic mass is 10.3. The Hall–Kier alpha value is -3.67. The number of aromatic amines is 1. The van der Waals surface area contributed by atoms with Gasteiger partial charge in [-0.25, -0.2) is 15.0 Å². The average molecular weight is 328 g/mol. The maximum absolute atomic E-state index is 11.1. The molecule has 0 bridgehead atoms. The van der Waals surface area contributed by atoms with Crippen LogP contribution in [0.15, 0.2) is 75.3 Å². The predicted molar refractivity (Wildman–Crippen MR) is 96.8 cm³/mol. The summed E-state index contributed by atoms with van der Waals surface area (Å²) in [6, 6.07) is 3.83. The molecule has 0 radical (unpaired) electrons. The van der Waals surface area contributed by atoms with Crippen LogP contribution in [-0.4, -0.2) is 33.9 Å². The molecule has 0 saturated heterocycles. The van der Waals surface area contributed by atoms with Crippen LogP contribution >= 0.6 is 0 Å². The molecule has 0 atom stereocenters. The Balaban J connectivity index is 1.56. The first kappa shape index (κ1) is 14.9. The van der Waals surface area contributed by atoms with Crippen LogP contribution in [-0.2, 0) is 9.59 Å². The number of carbonyl (C=O) groups excluding carboxylic acids is 2. The van der Waals surface area contributed by atoms with E-state index in [1.54, 1.807) is 24.3 Å². The molecule has 0 saturated carbocycles. The molecule has 3 aliphatic heterocycles. The minimum atomic E-state index is -0.247. The Bertz CT molecular complexity index is 1120. The maximum Gasteiger partial charge on any atom is 0.270 e. The van der Waals surface area contributed by atoms with Gasteiger partial charge in [0.25, 0.3) is 11.8 Å². The molecule has 0 fully saturated rings. The topological polar surface area (TPSA) is 87.0 Å². The summed E-state index contributed by atoms with van der Waals surface area (Å²) in [5.74, 6) is -0.485. The van der Waals surface area contributed by atoms with Crippen molar-refractivity contribution in [2.24, 2.45) is 15.0 Å². The number of aromatic nitrogens is 1. The van der Waals surface area contributed by atoms with E-state index in [1.807, 2.05) is 30.4 Å². The van der Waals surface area contributed by atoms with Crippen molar-refractivity contribution < 1.29 is 9.59 Å². The van der Waals surface area contributed by atoms with Crippen LogP contribution in [0.4, 0.5) is 0 Å². The van der Waals surface area contributed by atoms with E-state index in [0.29, 0.717) is 11.4 Å². The van der Waals surface area contributed by atoms with Gasteiger partial charge >= 0.3 is 0 Å². The molecule has 1 aromatic heterocycles. The van der Waals surface area contributed by atoms with E-state index in [0.717, 1.165) is 22.1 Å². The molecule has 0 unspecified atom stereocenters. The van der Waals surface area contributed by atoms with Gasteiger partial charge in [0.05, 0.1) is 22.8 Å². The molecule has 120 valence electrons. The molecule has 0 aliphatic carbocycles. The summed E-state index contributed by atoms with van der Waals surface area (Å²) < 4.78 is 0. The van der Waals surface area contributed by atoms with Crippen molar-refractivity contribution in [1.82, 2.24) is 4.98 Å². The lowest BCUT2D eigenvalue weighted by Crippen LogP contribution is -2.12. The highest BCUT2D eigenvalue weighted by molar-refractivity contribution is 6.26. The van der Waals surface area contributed by atoms with E-state index in [9.17, 15) is 9.59 Å². The van der Waals surface area contributed by atoms with Crippen molar-refractivity contribution in [3.63, 3.8) is 0 Å². The second-order valence-corrected chi connectivity index (χ2v) is 5.51. The molecule has 2 amide bonds. The van der Waals surface area contributed by atoms with Crippen LogP contribution in [0.1, 0.15) is 0 Å². The third kappa shape index (κ3) is 3.48. The highest BCUT2D eigenvalue weighted by Gasteiger charge is 2.07. The summed E-state index contributed by atoms with van der Waals surface area (Å²) in [5.41, 5.74) is 2.77. The van der Waals surface area contributed by atoms with E-state index in [-0.39, 0.29) is 11.8 Å². The molecule has 1 N–H and O–H groups in total. The summed E-state index contributed by atoms with van der Waals surface area (Å²) in [7, 11) is 0. The lowest BCUT2D eigenvalue weighted by Gasteiger charge is -1.89. The highest BCUT2D eigenvalue weighted by Crippen LogP contribution is 2.11. The van der Waals surface area contributed by atoms with Crippen molar-refractivity contribution in [3.05, 3.63) is 71.1 Å². The number of carbonyl (C=O) groups is 2. The van der Waals surface area contributed by atoms with Crippen LogP contribution in [0.5, 0.6) is 0 Å². The highest BCUT2D eigenvalue weighted by atomic mass is 16.1. The molecular formula is C19H12N4O2. The summed E-state index contributed by atoms with van der Waals surface area (Å²) in [6.07, 6.45) is 15.4. The van der Waals surface area contributed by atoms with Gasteiger partial charge in [0.15, 0.2) is 0 Å². The fourth-order valence-corrected chi connectivity index (χ4v) is 2.50. The summed E-state index contributed by atoms with van der Waals surface area (Å²) in [6.45, 7) is 0. The number of allylic oxidation sites excluding steroid dienone is 5. The van der Waals surface area contributed by atoms with Gasteiger partial charge in [0.2, 0.25) is 0 Å². The zero-order valence-electron chi connectivity index (χ0n) is 13.0. The number of hydrogen-bond acceptors (Lipinski definition) is 3. The van der Waals surface area contributed by atoms with Crippen LogP contribution in [0, 0.1) is 0 Å². The number of hydrogen-bond donors (Lipinski definition) is 1. The standard InChI is InChI=1S/C19H12N4O2/c24-18-7-5-16(22-18)10-14-3-1-12(20-14)9-13-2-4-15(21-13)11-17-6-8-19(25)23-17/h1-11,20H/b12-9-,14-10?,15-11-. The van der Waals surface area contributed by atoms with E-state index in [2.05, 4.69) is 20.0 Å². The van der Waals surface area contributed by atoms with Gasteiger partial charge in [-0.05, 0) is 54.7 Å². The number of nitrogens with zero attached hydrogens (tertiary/aromatic N) is 3. The first-order valence-corrected chi connectivity index (χ1v) is 7.62. The van der Waals surface area contributed by atoms with Crippen molar-refractivity contribution in [1.29, 1.82) is 0 Å². The van der Waals surface area contributed by atoms with Gasteiger partial charge in [-0.2, -0.15) is 0 Å². The molecule has 3 aliphatic rings. The van der Waals surface area contributed by atoms with Crippen LogP contribution < -0.4 is 10.7 Å². The van der Waals surface area contributed by atoms with E-state index < -0.39 is 0 Å². The summed E-state index contributed by atoms with van der Waals surface area (Å²) in [5, 5.41) is 1.74. The third-order valence-electron chi connectivity index (χ3n) is 3.59. The van der Waals surface area contributed by atoms with Gasteiger partial charge in [0, 0.05) is 22.9 Å². The SMILES string of the molecule is O=C1C=CC(C=c2cc/c(=C/C3=NC(=C\C4=NC(=O)C=C4)/C=C3)[nH]2)=N1. The number of aliphatic imine (C=N–C) groups is 3. The number of nitrogens with one attached hydrogen (secondary N) is 1. The third-order valence-corrected chi connectivity index (χ3v) is 3.59. The van der Waals surface area contributed by atoms with Gasteiger partial charge in [-0.3, -0.25) is 9.59 Å². The minimum Gasteiger partial charge on any atom is -0.355 e. The fraction of sp³-hybridized carbons (Fsp3) is 0. The summed E-state index contributed by atoms with van der Waals surface area (Å²) >= 11 is 0. The van der Waals surface area contributed by atoms with Crippen molar-refractivity contribution in [2.45, 2.75) is 0 Å². The maximum atomic E-state index is 11.1. The molecule has 6 nitrogen and oxygen atoms in total. The monoisotopic (exact) mass is 328 g/mol. The average Bonchev–Trinajstić information content (AvgIpc) is 3.33. The Morgan fingerprint density at radius 3 is 1.72 bits per heavy atom. The molecule has 6 heteroatoms. The second kappa shape index (κ2) is 6.09. The zero-order chi connectivity index (χ0) is 17.2. The van der Waals surface area contributed by atoms with Gasteiger partial charge in [-0.15, -0.1) is 0 Å². The van der Waals surface area contributed by atoms with E-state index >= 15 is 0 Å². The first-order valence-electron chi connectivity index (χ1n) is 7.62. The molecule has 25 heavy (non-hydrogen) atoms. The van der Waals surface area contributed by atoms with Crippen molar-refractivity contribution in [3.8, 4) is 0 Å². The Morgan fingerprint density at radius 1 is 0.640 bits per heavy atom. The predicted octanol–water partition coefficient (Wildman–Crippen LogP) is 0.545. The molecular weight excluding hydrogens is 316 g/mol. The molecule has 0 aromatic carbocycles.